The van der Waals surface area contributed by atoms with Crippen LogP contribution < -0.4 is 5.32 Å². The summed E-state index contributed by atoms with van der Waals surface area (Å²) in [7, 11) is 0. The molecule has 1 saturated heterocycles. The highest BCUT2D eigenvalue weighted by Crippen LogP contribution is 2.49. The van der Waals surface area contributed by atoms with Gasteiger partial charge in [0.1, 0.15) is 11.3 Å². The fourth-order valence-corrected chi connectivity index (χ4v) is 4.57. The standard InChI is InChI=1S/C18H24N4O3S/c1-10-14(21-5-6-26-16(21)20-10)15(23)19-8-13-12-7-11(12)9-22(13)17(24)25-18(2,3)4/h5-6,11-13H,7-9H2,1-4H3,(H,19,23)/t11-,12-,13-/m1/s1. The van der Waals surface area contributed by atoms with E-state index in [2.05, 4.69) is 10.3 Å². The first-order valence-corrected chi connectivity index (χ1v) is 9.82. The Morgan fingerprint density at radius 1 is 1.42 bits per heavy atom. The zero-order valence-electron chi connectivity index (χ0n) is 15.5. The number of rotatable bonds is 3. The number of ether oxygens (including phenoxy) is 1. The van der Waals surface area contributed by atoms with Gasteiger partial charge in [-0.15, -0.1) is 11.3 Å². The lowest BCUT2D eigenvalue weighted by Gasteiger charge is -2.30. The quantitative estimate of drug-likeness (QED) is 0.894. The van der Waals surface area contributed by atoms with Crippen molar-refractivity contribution < 1.29 is 14.3 Å². The second-order valence-corrected chi connectivity index (χ2v) is 9.04. The van der Waals surface area contributed by atoms with E-state index in [0.717, 1.165) is 17.9 Å². The molecule has 2 fully saturated rings. The monoisotopic (exact) mass is 376 g/mol. The van der Waals surface area contributed by atoms with Crippen LogP contribution in [0.15, 0.2) is 11.6 Å². The number of fused-ring (bicyclic) bond motifs is 2. The van der Waals surface area contributed by atoms with Crippen LogP contribution in [0.5, 0.6) is 0 Å². The highest BCUT2D eigenvalue weighted by Gasteiger charge is 2.54. The van der Waals surface area contributed by atoms with E-state index in [4.69, 9.17) is 4.74 Å². The molecule has 2 aliphatic rings. The van der Waals surface area contributed by atoms with Crippen molar-refractivity contribution in [1.82, 2.24) is 19.6 Å². The molecular formula is C18H24N4O3S. The Bertz CT molecular complexity index is 866. The number of amides is 2. The maximum absolute atomic E-state index is 12.7. The molecule has 2 aromatic rings. The largest absolute Gasteiger partial charge is 0.444 e. The number of nitrogens with zero attached hydrogens (tertiary/aromatic N) is 3. The molecule has 1 N–H and O–H groups in total. The van der Waals surface area contributed by atoms with Crippen LogP contribution in [-0.4, -0.2) is 51.0 Å². The molecule has 8 heteroatoms. The minimum absolute atomic E-state index is 0.00462. The number of carbonyl (C=O) groups excluding carboxylic acids is 2. The second-order valence-electron chi connectivity index (χ2n) is 8.17. The van der Waals surface area contributed by atoms with Gasteiger partial charge in [0, 0.05) is 24.7 Å². The Morgan fingerprint density at radius 2 is 2.19 bits per heavy atom. The summed E-state index contributed by atoms with van der Waals surface area (Å²) in [6, 6.07) is 0.00462. The number of likely N-dealkylation sites (tertiary alicyclic amines) is 1. The van der Waals surface area contributed by atoms with Gasteiger partial charge in [-0.2, -0.15) is 0 Å². The van der Waals surface area contributed by atoms with Crippen LogP contribution in [0.4, 0.5) is 4.79 Å². The van der Waals surface area contributed by atoms with Crippen LogP contribution in [0.3, 0.4) is 0 Å². The summed E-state index contributed by atoms with van der Waals surface area (Å²) in [5.41, 5.74) is 0.765. The third-order valence-corrected chi connectivity index (χ3v) is 5.81. The van der Waals surface area contributed by atoms with E-state index < -0.39 is 5.60 Å². The molecule has 1 aliphatic heterocycles. The van der Waals surface area contributed by atoms with E-state index in [9.17, 15) is 9.59 Å². The number of hydrogen-bond acceptors (Lipinski definition) is 5. The van der Waals surface area contributed by atoms with Crippen LogP contribution in [-0.2, 0) is 4.74 Å². The number of hydrogen-bond donors (Lipinski definition) is 1. The van der Waals surface area contributed by atoms with Gasteiger partial charge in [0.2, 0.25) is 0 Å². The molecule has 0 bridgehead atoms. The van der Waals surface area contributed by atoms with Crippen LogP contribution in [0.1, 0.15) is 43.4 Å². The van der Waals surface area contributed by atoms with E-state index in [0.29, 0.717) is 29.8 Å². The van der Waals surface area contributed by atoms with Gasteiger partial charge in [0.15, 0.2) is 4.96 Å². The van der Waals surface area contributed by atoms with Gasteiger partial charge in [-0.1, -0.05) is 0 Å². The highest BCUT2D eigenvalue weighted by molar-refractivity contribution is 7.15. The summed E-state index contributed by atoms with van der Waals surface area (Å²) < 4.78 is 7.34. The zero-order valence-corrected chi connectivity index (χ0v) is 16.3. The first kappa shape index (κ1) is 17.3. The molecule has 1 aliphatic carbocycles. The SMILES string of the molecule is Cc1nc2sccn2c1C(=O)NC[C@@H]1[C@@H]2C[C@@H]2CN1C(=O)OC(C)(C)C. The first-order valence-electron chi connectivity index (χ1n) is 8.94. The lowest BCUT2D eigenvalue weighted by atomic mass is 10.2. The lowest BCUT2D eigenvalue weighted by Crippen LogP contribution is -2.47. The zero-order chi connectivity index (χ0) is 18.6. The first-order chi connectivity index (χ1) is 12.2. The number of aryl methyl sites for hydroxylation is 1. The second kappa shape index (κ2) is 5.97. The molecule has 140 valence electrons. The number of imidazole rings is 1. The summed E-state index contributed by atoms with van der Waals surface area (Å²) in [6.07, 6.45) is 2.69. The Labute approximate surface area is 156 Å². The number of aromatic nitrogens is 2. The van der Waals surface area contributed by atoms with Crippen LogP contribution in [0, 0.1) is 18.8 Å². The predicted octanol–water partition coefficient (Wildman–Crippen LogP) is 2.69. The van der Waals surface area contributed by atoms with Gasteiger partial charge >= 0.3 is 6.09 Å². The van der Waals surface area contributed by atoms with Crippen LogP contribution >= 0.6 is 11.3 Å². The van der Waals surface area contributed by atoms with Gasteiger partial charge < -0.3 is 15.0 Å². The smallest absolute Gasteiger partial charge is 0.410 e. The van der Waals surface area contributed by atoms with E-state index in [1.165, 1.54) is 11.3 Å². The number of carbonyl (C=O) groups is 2. The molecule has 0 spiro atoms. The van der Waals surface area contributed by atoms with Gasteiger partial charge in [-0.25, -0.2) is 9.78 Å². The average molecular weight is 376 g/mol. The number of nitrogens with one attached hydrogen (secondary N) is 1. The predicted molar refractivity (Wildman–Crippen MR) is 98.5 cm³/mol. The normalized spacial score (nSPS) is 24.6. The van der Waals surface area contributed by atoms with Crippen molar-refractivity contribution in [2.24, 2.45) is 11.8 Å². The topological polar surface area (TPSA) is 75.9 Å². The Balaban J connectivity index is 1.44. The molecule has 7 nitrogen and oxygen atoms in total. The molecule has 2 amide bonds. The highest BCUT2D eigenvalue weighted by atomic mass is 32.1. The summed E-state index contributed by atoms with van der Waals surface area (Å²) >= 11 is 1.50. The molecule has 26 heavy (non-hydrogen) atoms. The number of piperidine rings is 1. The van der Waals surface area contributed by atoms with Gasteiger partial charge in [-0.3, -0.25) is 9.20 Å². The number of thiazole rings is 1. The molecule has 1 saturated carbocycles. The summed E-state index contributed by atoms with van der Waals surface area (Å²) in [5, 5.41) is 4.92. The molecular weight excluding hydrogens is 352 g/mol. The Morgan fingerprint density at radius 3 is 2.92 bits per heavy atom. The average Bonchev–Trinajstić information content (AvgIpc) is 2.86. The van der Waals surface area contributed by atoms with Crippen molar-refractivity contribution in [3.8, 4) is 0 Å². The van der Waals surface area contributed by atoms with E-state index in [1.54, 1.807) is 4.90 Å². The van der Waals surface area contributed by atoms with Gasteiger partial charge in [0.05, 0.1) is 11.7 Å². The van der Waals surface area contributed by atoms with Crippen molar-refractivity contribution in [3.05, 3.63) is 23.0 Å². The Hall–Kier alpha value is -2.09. The fourth-order valence-electron chi connectivity index (χ4n) is 3.81. The van der Waals surface area contributed by atoms with E-state index in [-0.39, 0.29) is 18.0 Å². The van der Waals surface area contributed by atoms with Crippen molar-refractivity contribution in [2.45, 2.75) is 45.8 Å². The van der Waals surface area contributed by atoms with Crippen molar-refractivity contribution in [1.29, 1.82) is 0 Å². The molecule has 0 radical (unpaired) electrons. The summed E-state index contributed by atoms with van der Waals surface area (Å²) in [4.78, 5) is 32.2. The molecule has 2 aromatic heterocycles. The molecule has 0 unspecified atom stereocenters. The third-order valence-electron chi connectivity index (χ3n) is 5.05. The van der Waals surface area contributed by atoms with E-state index in [1.807, 2.05) is 43.7 Å². The lowest BCUT2D eigenvalue weighted by molar-refractivity contribution is 0.0192. The van der Waals surface area contributed by atoms with Crippen LogP contribution in [0.2, 0.25) is 0 Å². The fraction of sp³-hybridized carbons (Fsp3) is 0.611. The van der Waals surface area contributed by atoms with Gasteiger partial charge in [-0.05, 0) is 46.0 Å². The molecule has 3 atom stereocenters. The molecule has 4 rings (SSSR count). The summed E-state index contributed by atoms with van der Waals surface area (Å²) in [5.74, 6) is 0.863. The minimum atomic E-state index is -0.517. The molecule has 3 heterocycles. The maximum Gasteiger partial charge on any atom is 0.410 e. The van der Waals surface area contributed by atoms with Crippen LogP contribution in [0.25, 0.3) is 4.96 Å². The maximum atomic E-state index is 12.7. The van der Waals surface area contributed by atoms with E-state index >= 15 is 0 Å². The summed E-state index contributed by atoms with van der Waals surface area (Å²) in [6.45, 7) is 8.61. The molecule has 0 aromatic carbocycles. The van der Waals surface area contributed by atoms with Crippen molar-refractivity contribution in [3.63, 3.8) is 0 Å². The van der Waals surface area contributed by atoms with Crippen molar-refractivity contribution >= 4 is 28.3 Å². The Kier molecular flexibility index (Phi) is 3.98. The van der Waals surface area contributed by atoms with Gasteiger partial charge in [0.25, 0.3) is 5.91 Å². The minimum Gasteiger partial charge on any atom is -0.444 e. The third kappa shape index (κ3) is 3.06. The van der Waals surface area contributed by atoms with Crippen molar-refractivity contribution in [2.75, 3.05) is 13.1 Å².